The van der Waals surface area contributed by atoms with Crippen LogP contribution in [0.2, 0.25) is 0 Å². The fourth-order valence-corrected chi connectivity index (χ4v) is 4.92. The predicted octanol–water partition coefficient (Wildman–Crippen LogP) is 7.20. The first kappa shape index (κ1) is 39.2. The molecular formula is C34H50CaO6. The number of phenols is 1. The van der Waals surface area contributed by atoms with Crippen LogP contribution in [0.1, 0.15) is 148 Å². The van der Waals surface area contributed by atoms with Crippen molar-refractivity contribution in [3.05, 3.63) is 58.7 Å². The molecule has 0 atom stereocenters. The van der Waals surface area contributed by atoms with E-state index in [2.05, 4.69) is 13.8 Å². The molecule has 0 unspecified atom stereocenters. The first-order chi connectivity index (χ1) is 19.3. The van der Waals surface area contributed by atoms with Crippen molar-refractivity contribution < 1.29 is 30.0 Å². The number of rotatable bonds is 20. The third-order valence-corrected chi connectivity index (χ3v) is 7.30. The van der Waals surface area contributed by atoms with Gasteiger partial charge in [0.15, 0.2) is 0 Å². The molecule has 0 aromatic heterocycles. The minimum atomic E-state index is -1.25. The fraction of sp³-hybridized carbons (Fsp3) is 0.588. The molecule has 0 aliphatic carbocycles. The third kappa shape index (κ3) is 17.1. The van der Waals surface area contributed by atoms with Crippen molar-refractivity contribution in [2.45, 2.75) is 129 Å². The molecule has 0 spiro atoms. The van der Waals surface area contributed by atoms with Crippen LogP contribution in [0.4, 0.5) is 0 Å². The van der Waals surface area contributed by atoms with Gasteiger partial charge in [-0.25, -0.2) is 4.79 Å². The summed E-state index contributed by atoms with van der Waals surface area (Å²) in [7, 11) is 0. The van der Waals surface area contributed by atoms with Gasteiger partial charge in [-0.15, -0.1) is 5.75 Å². The first-order valence-electron chi connectivity index (χ1n) is 15.4. The molecule has 0 saturated heterocycles. The maximum absolute atomic E-state index is 11.7. The van der Waals surface area contributed by atoms with E-state index in [0.717, 1.165) is 32.1 Å². The summed E-state index contributed by atoms with van der Waals surface area (Å²) in [5.41, 5.74) is 1.26. The second kappa shape index (κ2) is 24.8. The van der Waals surface area contributed by atoms with Gasteiger partial charge < -0.3 is 25.2 Å². The molecule has 0 aliphatic heterocycles. The second-order valence-electron chi connectivity index (χ2n) is 10.6. The van der Waals surface area contributed by atoms with Crippen LogP contribution in [-0.2, 0) is 12.8 Å². The van der Waals surface area contributed by atoms with Gasteiger partial charge in [-0.2, -0.15) is 0 Å². The summed E-state index contributed by atoms with van der Waals surface area (Å²) in [6.07, 6.45) is 20.3. The Morgan fingerprint density at radius 3 is 1.51 bits per heavy atom. The Hall–Kier alpha value is -1.76. The van der Waals surface area contributed by atoms with E-state index in [1.807, 2.05) is 0 Å². The van der Waals surface area contributed by atoms with Crippen LogP contribution in [0.5, 0.6) is 11.5 Å². The molecule has 0 fully saturated rings. The molecule has 6 nitrogen and oxygen atoms in total. The van der Waals surface area contributed by atoms with Crippen molar-refractivity contribution in [2.75, 3.05) is 0 Å². The third-order valence-electron chi connectivity index (χ3n) is 7.30. The fourth-order valence-electron chi connectivity index (χ4n) is 4.92. The van der Waals surface area contributed by atoms with Crippen LogP contribution in [-0.4, -0.2) is 59.9 Å². The Bertz CT molecular complexity index is 912. The van der Waals surface area contributed by atoms with Crippen LogP contribution in [0.3, 0.4) is 0 Å². The van der Waals surface area contributed by atoms with Crippen LogP contribution in [0.25, 0.3) is 0 Å². The van der Waals surface area contributed by atoms with Crippen LogP contribution >= 0.6 is 0 Å². The molecule has 0 saturated carbocycles. The number of phenolic OH excluding ortho intramolecular Hbond substituents is 1. The summed E-state index contributed by atoms with van der Waals surface area (Å²) in [6, 6.07) is 9.05. The van der Waals surface area contributed by atoms with Gasteiger partial charge in [0.25, 0.3) is 0 Å². The number of carboxylic acids is 2. The van der Waals surface area contributed by atoms with Gasteiger partial charge in [0.2, 0.25) is 0 Å². The van der Waals surface area contributed by atoms with E-state index in [1.165, 1.54) is 88.8 Å². The van der Waals surface area contributed by atoms with E-state index in [1.54, 1.807) is 18.2 Å². The molecule has 2 aromatic carbocycles. The van der Waals surface area contributed by atoms with E-state index >= 15 is 0 Å². The van der Waals surface area contributed by atoms with Gasteiger partial charge in [0.05, 0.1) is 11.5 Å². The van der Waals surface area contributed by atoms with Gasteiger partial charge in [0, 0.05) is 5.56 Å². The zero-order valence-corrected chi connectivity index (χ0v) is 27.6. The molecule has 2 rings (SSSR count). The average molecular weight is 595 g/mol. The normalized spacial score (nSPS) is 10.4. The van der Waals surface area contributed by atoms with Gasteiger partial charge in [0.1, 0.15) is 5.75 Å². The Labute approximate surface area is 277 Å². The minimum absolute atomic E-state index is 0. The SMILES string of the molecule is CCCCCCCCCCc1c(O)cccc1C(=O)O.CCCCCCCCCCc1c([O-])cccc1C(=O)[O-].[Ca+2]. The van der Waals surface area contributed by atoms with Crippen molar-refractivity contribution in [3.63, 3.8) is 0 Å². The maximum atomic E-state index is 11.7. The molecule has 0 aliphatic rings. The van der Waals surface area contributed by atoms with Gasteiger partial charge in [-0.3, -0.25) is 0 Å². The van der Waals surface area contributed by atoms with Crippen molar-refractivity contribution in [1.82, 2.24) is 0 Å². The summed E-state index contributed by atoms with van der Waals surface area (Å²) in [4.78, 5) is 22.1. The summed E-state index contributed by atoms with van der Waals surface area (Å²) >= 11 is 0. The van der Waals surface area contributed by atoms with E-state index < -0.39 is 11.9 Å². The Morgan fingerprint density at radius 2 is 1.05 bits per heavy atom. The summed E-state index contributed by atoms with van der Waals surface area (Å²) in [5, 5.41) is 41.5. The minimum Gasteiger partial charge on any atom is -0.872 e. The average Bonchev–Trinajstić information content (AvgIpc) is 2.93. The van der Waals surface area contributed by atoms with E-state index in [0.29, 0.717) is 24.0 Å². The monoisotopic (exact) mass is 594 g/mol. The predicted molar refractivity (Wildman–Crippen MR) is 164 cm³/mol. The van der Waals surface area contributed by atoms with Gasteiger partial charge >= 0.3 is 43.7 Å². The Morgan fingerprint density at radius 1 is 0.634 bits per heavy atom. The number of benzene rings is 2. The van der Waals surface area contributed by atoms with Crippen molar-refractivity contribution in [3.8, 4) is 11.5 Å². The van der Waals surface area contributed by atoms with E-state index in [-0.39, 0.29) is 60.4 Å². The first-order valence-corrected chi connectivity index (χ1v) is 15.4. The number of unbranched alkanes of at least 4 members (excludes halogenated alkanes) is 14. The molecule has 7 heteroatoms. The number of hydrogen-bond acceptors (Lipinski definition) is 5. The number of carbonyl (C=O) groups is 2. The smallest absolute Gasteiger partial charge is 0.872 e. The second-order valence-corrected chi connectivity index (χ2v) is 10.6. The topological polar surface area (TPSA) is 121 Å². The van der Waals surface area contributed by atoms with Crippen LogP contribution in [0, 0.1) is 0 Å². The molecule has 0 heterocycles. The van der Waals surface area contributed by atoms with Crippen molar-refractivity contribution in [2.24, 2.45) is 0 Å². The largest absolute Gasteiger partial charge is 2.00 e. The summed E-state index contributed by atoms with van der Waals surface area (Å²) in [6.45, 7) is 4.42. The molecule has 2 N–H and O–H groups in total. The molecular weight excluding hydrogens is 544 g/mol. The molecule has 0 bridgehead atoms. The Kier molecular flexibility index (Phi) is 23.7. The zero-order chi connectivity index (χ0) is 29.6. The number of carboxylic acid groups (broad SMARTS) is 2. The maximum Gasteiger partial charge on any atom is 2.00 e. The summed E-state index contributed by atoms with van der Waals surface area (Å²) in [5.74, 6) is -2.30. The van der Waals surface area contributed by atoms with Gasteiger partial charge in [-0.05, 0) is 48.9 Å². The molecule has 2 aromatic rings. The molecule has 41 heavy (non-hydrogen) atoms. The number of hydrogen-bond donors (Lipinski definition) is 2. The summed E-state index contributed by atoms with van der Waals surface area (Å²) < 4.78 is 0. The molecule has 224 valence electrons. The van der Waals surface area contributed by atoms with E-state index in [9.17, 15) is 24.9 Å². The number of aromatic carboxylic acids is 2. The number of aromatic hydroxyl groups is 1. The van der Waals surface area contributed by atoms with Crippen molar-refractivity contribution >= 4 is 49.7 Å². The molecule has 0 radical (unpaired) electrons. The standard InChI is InChI=1S/2C17H26O3.Ca/c2*1-2-3-4-5-6-7-8-9-11-14-15(17(19)20)12-10-13-16(14)18;/h2*10,12-13,18H,2-9,11H2,1H3,(H,19,20);/q;;+2/p-2. The Balaban J connectivity index is 0.000000762. The van der Waals surface area contributed by atoms with Crippen molar-refractivity contribution in [1.29, 1.82) is 0 Å². The quantitative estimate of drug-likeness (QED) is 0.124. The van der Waals surface area contributed by atoms with Crippen LogP contribution in [0.15, 0.2) is 36.4 Å². The van der Waals surface area contributed by atoms with E-state index in [4.69, 9.17) is 5.11 Å². The zero-order valence-electron chi connectivity index (χ0n) is 25.4. The van der Waals surface area contributed by atoms with Gasteiger partial charge in [-0.1, -0.05) is 128 Å². The number of carbonyl (C=O) groups excluding carboxylic acids is 1. The molecule has 0 amide bonds. The van der Waals surface area contributed by atoms with Crippen LogP contribution < -0.4 is 10.2 Å².